The number of rotatable bonds is 5. The third-order valence-electron chi connectivity index (χ3n) is 3.41. The van der Waals surface area contributed by atoms with Gasteiger partial charge in [0.05, 0.1) is 0 Å². The lowest BCUT2D eigenvalue weighted by molar-refractivity contribution is 0.644. The van der Waals surface area contributed by atoms with E-state index in [4.69, 9.17) is 11.6 Å². The third-order valence-corrected chi connectivity index (χ3v) is 3.74. The summed E-state index contributed by atoms with van der Waals surface area (Å²) in [6, 6.07) is 9.11. The Morgan fingerprint density at radius 3 is 2.25 bits per heavy atom. The molecule has 1 aliphatic carbocycles. The molecule has 0 saturated heterocycles. The van der Waals surface area contributed by atoms with Crippen molar-refractivity contribution in [2.24, 2.45) is 11.8 Å². The maximum atomic E-state index is 6.06. The van der Waals surface area contributed by atoms with E-state index in [1.54, 1.807) is 0 Å². The lowest BCUT2D eigenvalue weighted by atomic mass is 9.94. The van der Waals surface area contributed by atoms with Gasteiger partial charge in [-0.05, 0) is 42.2 Å². The van der Waals surface area contributed by atoms with E-state index in [0.717, 1.165) is 17.7 Å². The van der Waals surface area contributed by atoms with Crippen molar-refractivity contribution in [2.75, 3.05) is 5.88 Å². The van der Waals surface area contributed by atoms with Gasteiger partial charge in [-0.15, -0.1) is 11.6 Å². The van der Waals surface area contributed by atoms with E-state index in [2.05, 4.69) is 38.1 Å². The second kappa shape index (κ2) is 5.23. The fourth-order valence-electron chi connectivity index (χ4n) is 2.36. The van der Waals surface area contributed by atoms with Crippen LogP contribution in [0.1, 0.15) is 43.7 Å². The van der Waals surface area contributed by atoms with Crippen LogP contribution < -0.4 is 0 Å². The molecule has 0 spiro atoms. The standard InChI is InChI=1S/C15H21Cl/c1-11(2)9-12-3-5-13(6-4-12)15(10-16)14-7-8-14/h3-6,11,14-15H,7-10H2,1-2H3. The van der Waals surface area contributed by atoms with Gasteiger partial charge in [-0.2, -0.15) is 0 Å². The zero-order valence-corrected chi connectivity index (χ0v) is 11.0. The first-order chi connectivity index (χ1) is 7.70. The summed E-state index contributed by atoms with van der Waals surface area (Å²) in [6.07, 6.45) is 3.91. The van der Waals surface area contributed by atoms with Crippen molar-refractivity contribution in [2.45, 2.75) is 39.0 Å². The van der Waals surface area contributed by atoms with Gasteiger partial charge >= 0.3 is 0 Å². The highest BCUT2D eigenvalue weighted by Crippen LogP contribution is 2.43. The minimum absolute atomic E-state index is 0.592. The van der Waals surface area contributed by atoms with Gasteiger partial charge in [0.25, 0.3) is 0 Å². The topological polar surface area (TPSA) is 0 Å². The summed E-state index contributed by atoms with van der Waals surface area (Å²) in [5.41, 5.74) is 2.88. The van der Waals surface area contributed by atoms with Crippen molar-refractivity contribution < 1.29 is 0 Å². The first-order valence-electron chi connectivity index (χ1n) is 6.35. The SMILES string of the molecule is CC(C)Cc1ccc(C(CCl)C2CC2)cc1. The number of hydrogen-bond donors (Lipinski definition) is 0. The van der Waals surface area contributed by atoms with Gasteiger partial charge in [0, 0.05) is 11.8 Å². The molecule has 2 rings (SSSR count). The fraction of sp³-hybridized carbons (Fsp3) is 0.600. The Bertz CT molecular complexity index is 322. The molecule has 0 radical (unpaired) electrons. The highest BCUT2D eigenvalue weighted by Gasteiger charge is 2.31. The number of halogens is 1. The monoisotopic (exact) mass is 236 g/mol. The van der Waals surface area contributed by atoms with E-state index in [9.17, 15) is 0 Å². The average molecular weight is 237 g/mol. The maximum absolute atomic E-state index is 6.06. The summed E-state index contributed by atoms with van der Waals surface area (Å²) in [7, 11) is 0. The molecule has 1 unspecified atom stereocenters. The van der Waals surface area contributed by atoms with Crippen LogP contribution in [-0.2, 0) is 6.42 Å². The second-order valence-corrected chi connectivity index (χ2v) is 5.75. The molecule has 1 atom stereocenters. The van der Waals surface area contributed by atoms with Crippen molar-refractivity contribution in [3.63, 3.8) is 0 Å². The normalized spacial score (nSPS) is 17.8. The molecule has 1 saturated carbocycles. The fourth-order valence-corrected chi connectivity index (χ4v) is 2.79. The molecule has 1 fully saturated rings. The molecule has 1 heteroatoms. The molecular formula is C15H21Cl. The summed E-state index contributed by atoms with van der Waals surface area (Å²) in [5, 5.41) is 0. The van der Waals surface area contributed by atoms with Crippen LogP contribution in [0.4, 0.5) is 0 Å². The summed E-state index contributed by atoms with van der Waals surface area (Å²) in [4.78, 5) is 0. The zero-order chi connectivity index (χ0) is 11.5. The van der Waals surface area contributed by atoms with E-state index in [1.807, 2.05) is 0 Å². The second-order valence-electron chi connectivity index (χ2n) is 5.44. The lowest BCUT2D eigenvalue weighted by Gasteiger charge is -2.14. The Balaban J connectivity index is 2.05. The lowest BCUT2D eigenvalue weighted by Crippen LogP contribution is -2.03. The van der Waals surface area contributed by atoms with E-state index < -0.39 is 0 Å². The molecule has 1 aliphatic rings. The van der Waals surface area contributed by atoms with Crippen LogP contribution in [0, 0.1) is 11.8 Å². The van der Waals surface area contributed by atoms with Gasteiger partial charge in [-0.1, -0.05) is 38.1 Å². The molecular weight excluding hydrogens is 216 g/mol. The highest BCUT2D eigenvalue weighted by atomic mass is 35.5. The number of benzene rings is 1. The Morgan fingerprint density at radius 2 is 1.81 bits per heavy atom. The molecule has 0 nitrogen and oxygen atoms in total. The Hall–Kier alpha value is -0.490. The quantitative estimate of drug-likeness (QED) is 0.655. The van der Waals surface area contributed by atoms with Crippen LogP contribution in [0.3, 0.4) is 0 Å². The largest absolute Gasteiger partial charge is 0.126 e. The molecule has 1 aromatic carbocycles. The van der Waals surface area contributed by atoms with E-state index in [-0.39, 0.29) is 0 Å². The van der Waals surface area contributed by atoms with Crippen LogP contribution in [-0.4, -0.2) is 5.88 Å². The van der Waals surface area contributed by atoms with Gasteiger partial charge in [0.2, 0.25) is 0 Å². The summed E-state index contributed by atoms with van der Waals surface area (Å²) in [6.45, 7) is 4.53. The minimum atomic E-state index is 0.592. The zero-order valence-electron chi connectivity index (χ0n) is 10.2. The molecule has 16 heavy (non-hydrogen) atoms. The molecule has 88 valence electrons. The van der Waals surface area contributed by atoms with Gasteiger partial charge in [-0.3, -0.25) is 0 Å². The number of alkyl halides is 1. The number of hydrogen-bond acceptors (Lipinski definition) is 0. The van der Waals surface area contributed by atoms with Crippen LogP contribution in [0.15, 0.2) is 24.3 Å². The Labute approximate surface area is 104 Å². The van der Waals surface area contributed by atoms with Crippen molar-refractivity contribution in [1.82, 2.24) is 0 Å². The van der Waals surface area contributed by atoms with Crippen molar-refractivity contribution in [1.29, 1.82) is 0 Å². The highest BCUT2D eigenvalue weighted by molar-refractivity contribution is 6.18. The van der Waals surface area contributed by atoms with Crippen molar-refractivity contribution in [3.8, 4) is 0 Å². The average Bonchev–Trinajstić information content (AvgIpc) is 3.05. The molecule has 0 bridgehead atoms. The van der Waals surface area contributed by atoms with Crippen LogP contribution in [0.25, 0.3) is 0 Å². The maximum Gasteiger partial charge on any atom is 0.0294 e. The summed E-state index contributed by atoms with van der Waals surface area (Å²) >= 11 is 6.06. The first-order valence-corrected chi connectivity index (χ1v) is 6.89. The molecule has 0 aromatic heterocycles. The summed E-state index contributed by atoms with van der Waals surface area (Å²) in [5.74, 6) is 2.95. The van der Waals surface area contributed by atoms with E-state index in [1.165, 1.54) is 30.4 Å². The van der Waals surface area contributed by atoms with Gasteiger partial charge in [0.15, 0.2) is 0 Å². The molecule has 1 aromatic rings. The minimum Gasteiger partial charge on any atom is -0.126 e. The van der Waals surface area contributed by atoms with Crippen LogP contribution in [0.2, 0.25) is 0 Å². The predicted octanol–water partition coefficient (Wildman–Crippen LogP) is 4.62. The first kappa shape index (κ1) is 12.0. The van der Waals surface area contributed by atoms with Gasteiger partial charge in [0.1, 0.15) is 0 Å². The Kier molecular flexibility index (Phi) is 3.91. The van der Waals surface area contributed by atoms with E-state index >= 15 is 0 Å². The predicted molar refractivity (Wildman–Crippen MR) is 71.2 cm³/mol. The third kappa shape index (κ3) is 3.01. The molecule has 0 amide bonds. The molecule has 0 aliphatic heterocycles. The van der Waals surface area contributed by atoms with E-state index in [0.29, 0.717) is 5.92 Å². The van der Waals surface area contributed by atoms with Gasteiger partial charge in [-0.25, -0.2) is 0 Å². The Morgan fingerprint density at radius 1 is 1.19 bits per heavy atom. The van der Waals surface area contributed by atoms with Gasteiger partial charge < -0.3 is 0 Å². The van der Waals surface area contributed by atoms with Crippen molar-refractivity contribution in [3.05, 3.63) is 35.4 Å². The molecule has 0 heterocycles. The van der Waals surface area contributed by atoms with Crippen LogP contribution >= 0.6 is 11.6 Å². The smallest absolute Gasteiger partial charge is 0.0294 e. The van der Waals surface area contributed by atoms with Crippen molar-refractivity contribution >= 4 is 11.6 Å². The van der Waals surface area contributed by atoms with Crippen LogP contribution in [0.5, 0.6) is 0 Å². The molecule has 0 N–H and O–H groups in total. The summed E-state index contributed by atoms with van der Waals surface area (Å²) < 4.78 is 0.